The maximum Gasteiger partial charge on any atom is 0.123 e. The Morgan fingerprint density at radius 3 is 2.75 bits per heavy atom. The Morgan fingerprint density at radius 1 is 1.35 bits per heavy atom. The third kappa shape index (κ3) is 3.51. The molecule has 20 heavy (non-hydrogen) atoms. The Kier molecular flexibility index (Phi) is 5.40. The van der Waals surface area contributed by atoms with Gasteiger partial charge in [0.25, 0.3) is 0 Å². The van der Waals surface area contributed by atoms with Crippen molar-refractivity contribution < 1.29 is 9.84 Å². The number of nitrogens with two attached hydrogens (primary N) is 1. The van der Waals surface area contributed by atoms with Crippen LogP contribution in [0.3, 0.4) is 0 Å². The van der Waals surface area contributed by atoms with Crippen LogP contribution in [0, 0.1) is 0 Å². The summed E-state index contributed by atoms with van der Waals surface area (Å²) in [4.78, 5) is 2.26. The molecule has 0 bridgehead atoms. The fraction of sp³-hybridized carbons (Fsp3) is 0.625. The highest BCUT2D eigenvalue weighted by atomic mass is 16.5. The Labute approximate surface area is 121 Å². The zero-order valence-corrected chi connectivity index (χ0v) is 12.5. The van der Waals surface area contributed by atoms with E-state index in [1.807, 2.05) is 6.07 Å². The number of hydrogen-bond donors (Lipinski definition) is 2. The SMILES string of the molecule is COc1ccc(CN(C)C2CCCCC2O)cc1CN. The minimum Gasteiger partial charge on any atom is -0.496 e. The predicted octanol–water partition coefficient (Wildman–Crippen LogP) is 1.89. The van der Waals surface area contributed by atoms with Crippen molar-refractivity contribution in [1.29, 1.82) is 0 Å². The van der Waals surface area contributed by atoms with Crippen LogP contribution < -0.4 is 10.5 Å². The van der Waals surface area contributed by atoms with E-state index in [4.69, 9.17) is 10.5 Å². The van der Waals surface area contributed by atoms with Crippen LogP contribution >= 0.6 is 0 Å². The van der Waals surface area contributed by atoms with Crippen molar-refractivity contribution in [3.8, 4) is 5.75 Å². The molecular weight excluding hydrogens is 252 g/mol. The van der Waals surface area contributed by atoms with Gasteiger partial charge in [-0.05, 0) is 37.6 Å². The maximum atomic E-state index is 10.1. The van der Waals surface area contributed by atoms with Crippen LogP contribution in [0.5, 0.6) is 5.75 Å². The largest absolute Gasteiger partial charge is 0.496 e. The third-order valence-corrected chi connectivity index (χ3v) is 4.26. The average molecular weight is 278 g/mol. The van der Waals surface area contributed by atoms with Crippen LogP contribution in [0.15, 0.2) is 18.2 Å². The fourth-order valence-corrected chi connectivity index (χ4v) is 3.10. The first-order chi connectivity index (χ1) is 9.65. The maximum absolute atomic E-state index is 10.1. The molecule has 1 aromatic carbocycles. The van der Waals surface area contributed by atoms with E-state index in [-0.39, 0.29) is 12.1 Å². The minimum absolute atomic E-state index is 0.194. The van der Waals surface area contributed by atoms with Gasteiger partial charge in [0.2, 0.25) is 0 Å². The van der Waals surface area contributed by atoms with E-state index in [1.54, 1.807) is 7.11 Å². The molecule has 3 N–H and O–H groups in total. The summed E-state index contributed by atoms with van der Waals surface area (Å²) in [6.07, 6.45) is 4.16. The summed E-state index contributed by atoms with van der Waals surface area (Å²) in [5.74, 6) is 0.844. The first kappa shape index (κ1) is 15.3. The van der Waals surface area contributed by atoms with Crippen LogP contribution in [0.2, 0.25) is 0 Å². The fourth-order valence-electron chi connectivity index (χ4n) is 3.10. The molecule has 1 aliphatic carbocycles. The van der Waals surface area contributed by atoms with Gasteiger partial charge in [-0.1, -0.05) is 18.9 Å². The zero-order valence-electron chi connectivity index (χ0n) is 12.5. The standard InChI is InChI=1S/C16H26N2O2/c1-18(14-5-3-4-6-15(14)19)11-12-7-8-16(20-2)13(9-12)10-17/h7-9,14-15,19H,3-6,10-11,17H2,1-2H3. The van der Waals surface area contributed by atoms with Crippen molar-refractivity contribution >= 4 is 0 Å². The topological polar surface area (TPSA) is 58.7 Å². The minimum atomic E-state index is -0.194. The summed E-state index contributed by atoms with van der Waals surface area (Å²) >= 11 is 0. The summed E-state index contributed by atoms with van der Waals surface area (Å²) in [6.45, 7) is 1.31. The molecular formula is C16H26N2O2. The van der Waals surface area contributed by atoms with E-state index < -0.39 is 0 Å². The number of methoxy groups -OCH3 is 1. The molecule has 0 aliphatic heterocycles. The lowest BCUT2D eigenvalue weighted by molar-refractivity contribution is 0.0288. The molecule has 0 spiro atoms. The van der Waals surface area contributed by atoms with Gasteiger partial charge in [-0.15, -0.1) is 0 Å². The molecule has 1 fully saturated rings. The third-order valence-electron chi connectivity index (χ3n) is 4.26. The number of benzene rings is 1. The van der Waals surface area contributed by atoms with Crippen LogP contribution in [0.25, 0.3) is 0 Å². The second-order valence-electron chi connectivity index (χ2n) is 5.68. The molecule has 4 nitrogen and oxygen atoms in total. The molecule has 2 atom stereocenters. The van der Waals surface area contributed by atoms with Crippen molar-refractivity contribution in [2.24, 2.45) is 5.73 Å². The highest BCUT2D eigenvalue weighted by Gasteiger charge is 2.26. The first-order valence-corrected chi connectivity index (χ1v) is 7.40. The van der Waals surface area contributed by atoms with Crippen LogP contribution in [0.1, 0.15) is 36.8 Å². The van der Waals surface area contributed by atoms with Gasteiger partial charge in [-0.2, -0.15) is 0 Å². The van der Waals surface area contributed by atoms with Crippen molar-refractivity contribution in [1.82, 2.24) is 4.90 Å². The Hall–Kier alpha value is -1.10. The van der Waals surface area contributed by atoms with Gasteiger partial charge in [0.05, 0.1) is 13.2 Å². The summed E-state index contributed by atoms with van der Waals surface area (Å²) in [6, 6.07) is 6.42. The molecule has 2 unspecified atom stereocenters. The summed E-state index contributed by atoms with van der Waals surface area (Å²) in [7, 11) is 3.75. The van der Waals surface area contributed by atoms with Gasteiger partial charge in [-0.25, -0.2) is 0 Å². The number of hydrogen-bond acceptors (Lipinski definition) is 4. The van der Waals surface area contributed by atoms with Crippen LogP contribution in [0.4, 0.5) is 0 Å². The monoisotopic (exact) mass is 278 g/mol. The van der Waals surface area contributed by atoms with Crippen LogP contribution in [-0.4, -0.2) is 36.3 Å². The van der Waals surface area contributed by atoms with E-state index in [1.165, 1.54) is 12.0 Å². The van der Waals surface area contributed by atoms with E-state index in [2.05, 4.69) is 24.1 Å². The van der Waals surface area contributed by atoms with Crippen molar-refractivity contribution in [3.05, 3.63) is 29.3 Å². The molecule has 0 radical (unpaired) electrons. The molecule has 1 aromatic rings. The number of nitrogens with zero attached hydrogens (tertiary/aromatic N) is 1. The molecule has 0 saturated heterocycles. The highest BCUT2D eigenvalue weighted by Crippen LogP contribution is 2.25. The number of aliphatic hydroxyl groups excluding tert-OH is 1. The lowest BCUT2D eigenvalue weighted by atomic mass is 9.91. The summed E-state index contributed by atoms with van der Waals surface area (Å²) in [5.41, 5.74) is 8.00. The van der Waals surface area contributed by atoms with Gasteiger partial charge in [0.15, 0.2) is 0 Å². The number of aliphatic hydroxyl groups is 1. The average Bonchev–Trinajstić information content (AvgIpc) is 2.47. The van der Waals surface area contributed by atoms with E-state index in [0.29, 0.717) is 6.54 Å². The van der Waals surface area contributed by atoms with Crippen molar-refractivity contribution in [2.75, 3.05) is 14.2 Å². The molecule has 0 amide bonds. The zero-order chi connectivity index (χ0) is 14.5. The molecule has 2 rings (SSSR count). The van der Waals surface area contributed by atoms with Gasteiger partial charge in [0.1, 0.15) is 5.75 Å². The van der Waals surface area contributed by atoms with Crippen molar-refractivity contribution in [2.45, 2.75) is 50.9 Å². The Balaban J connectivity index is 2.05. The van der Waals surface area contributed by atoms with E-state index in [9.17, 15) is 5.11 Å². The number of rotatable bonds is 5. The van der Waals surface area contributed by atoms with Gasteiger partial charge in [0, 0.05) is 24.7 Å². The molecule has 1 aliphatic rings. The molecule has 4 heteroatoms. The van der Waals surface area contributed by atoms with Gasteiger partial charge in [-0.3, -0.25) is 4.90 Å². The second kappa shape index (κ2) is 7.07. The van der Waals surface area contributed by atoms with Gasteiger partial charge >= 0.3 is 0 Å². The normalized spacial score (nSPS) is 23.1. The molecule has 0 heterocycles. The van der Waals surface area contributed by atoms with Crippen molar-refractivity contribution in [3.63, 3.8) is 0 Å². The smallest absolute Gasteiger partial charge is 0.123 e. The number of ether oxygens (including phenoxy) is 1. The summed E-state index contributed by atoms with van der Waals surface area (Å²) < 4.78 is 5.30. The lowest BCUT2D eigenvalue weighted by Crippen LogP contribution is -2.42. The Bertz CT molecular complexity index is 436. The highest BCUT2D eigenvalue weighted by molar-refractivity contribution is 5.37. The number of likely N-dealkylation sites (N-methyl/N-ethyl adjacent to an activating group) is 1. The van der Waals surface area contributed by atoms with E-state index >= 15 is 0 Å². The molecule has 1 saturated carbocycles. The van der Waals surface area contributed by atoms with Gasteiger partial charge < -0.3 is 15.6 Å². The van der Waals surface area contributed by atoms with Crippen LogP contribution in [-0.2, 0) is 13.1 Å². The first-order valence-electron chi connectivity index (χ1n) is 7.40. The van der Waals surface area contributed by atoms with E-state index in [0.717, 1.165) is 37.1 Å². The predicted molar refractivity (Wildman–Crippen MR) is 80.6 cm³/mol. The molecule has 0 aromatic heterocycles. The Morgan fingerprint density at radius 2 is 2.10 bits per heavy atom. The lowest BCUT2D eigenvalue weighted by Gasteiger charge is -2.35. The molecule has 112 valence electrons. The quantitative estimate of drug-likeness (QED) is 0.863. The summed E-state index contributed by atoms with van der Waals surface area (Å²) in [5, 5.41) is 10.1. The second-order valence-corrected chi connectivity index (χ2v) is 5.68.